The molecule has 5 heteroatoms. The molecule has 0 aliphatic carbocycles. The number of hydrogen-bond acceptors (Lipinski definition) is 5. The highest BCUT2D eigenvalue weighted by molar-refractivity contribution is 7.11. The molecule has 0 fully saturated rings. The van der Waals surface area contributed by atoms with E-state index in [1.165, 1.54) is 4.88 Å². The molecular formula is C16H22N2O2S. The third-order valence-corrected chi connectivity index (χ3v) is 4.44. The van der Waals surface area contributed by atoms with Crippen molar-refractivity contribution in [2.24, 2.45) is 0 Å². The Morgan fingerprint density at radius 2 is 1.71 bits per heavy atom. The maximum Gasteiger partial charge on any atom is 0.124 e. The summed E-state index contributed by atoms with van der Waals surface area (Å²) in [6, 6.07) is 5.76. The molecule has 0 atom stereocenters. The molecule has 0 radical (unpaired) electrons. The van der Waals surface area contributed by atoms with Crippen LogP contribution in [0.15, 0.2) is 24.4 Å². The summed E-state index contributed by atoms with van der Waals surface area (Å²) in [4.78, 5) is 5.71. The van der Waals surface area contributed by atoms with E-state index in [1.54, 1.807) is 25.6 Å². The van der Waals surface area contributed by atoms with Crippen LogP contribution in [-0.2, 0) is 12.0 Å². The topological polar surface area (TPSA) is 43.4 Å². The second-order valence-electron chi connectivity index (χ2n) is 5.84. The summed E-state index contributed by atoms with van der Waals surface area (Å²) in [5.74, 6) is 1.55. The summed E-state index contributed by atoms with van der Waals surface area (Å²) in [5.41, 5.74) is 1.07. The Morgan fingerprint density at radius 3 is 2.19 bits per heavy atom. The lowest BCUT2D eigenvalue weighted by atomic mass is 9.98. The molecule has 0 spiro atoms. The van der Waals surface area contributed by atoms with Crippen LogP contribution in [0.4, 0.5) is 5.69 Å². The number of nitrogens with zero attached hydrogens (tertiary/aromatic N) is 1. The average molecular weight is 306 g/mol. The van der Waals surface area contributed by atoms with E-state index in [0.29, 0.717) is 0 Å². The summed E-state index contributed by atoms with van der Waals surface area (Å²) in [5, 5.41) is 4.54. The Morgan fingerprint density at radius 1 is 1.10 bits per heavy atom. The lowest BCUT2D eigenvalue weighted by Gasteiger charge is -2.13. The highest BCUT2D eigenvalue weighted by Gasteiger charge is 2.17. The molecule has 0 aliphatic heterocycles. The minimum Gasteiger partial charge on any atom is -0.497 e. The lowest BCUT2D eigenvalue weighted by Crippen LogP contribution is -2.09. The van der Waals surface area contributed by atoms with E-state index in [0.717, 1.165) is 28.7 Å². The predicted molar refractivity (Wildman–Crippen MR) is 87.7 cm³/mol. The van der Waals surface area contributed by atoms with Crippen molar-refractivity contribution in [3.05, 3.63) is 34.3 Å². The van der Waals surface area contributed by atoms with Crippen LogP contribution in [0.3, 0.4) is 0 Å². The maximum atomic E-state index is 5.27. The molecular weight excluding hydrogens is 284 g/mol. The summed E-state index contributed by atoms with van der Waals surface area (Å²) >= 11 is 1.74. The standard InChI is InChI=1S/C16H22N2O2S/c1-16(2,3)15-18-10-14(21-15)9-17-11-6-12(19-4)8-13(7-11)20-5/h6-8,10,17H,9H2,1-5H3. The van der Waals surface area contributed by atoms with Crippen LogP contribution in [0.5, 0.6) is 11.5 Å². The first-order valence-corrected chi connectivity index (χ1v) is 7.66. The van der Waals surface area contributed by atoms with Crippen molar-refractivity contribution in [3.63, 3.8) is 0 Å². The van der Waals surface area contributed by atoms with Crippen molar-refractivity contribution in [1.82, 2.24) is 4.98 Å². The van der Waals surface area contributed by atoms with Crippen LogP contribution in [0, 0.1) is 0 Å². The first-order chi connectivity index (χ1) is 9.92. The highest BCUT2D eigenvalue weighted by atomic mass is 32.1. The number of anilines is 1. The first-order valence-electron chi connectivity index (χ1n) is 6.84. The Labute approximate surface area is 130 Å². The highest BCUT2D eigenvalue weighted by Crippen LogP contribution is 2.29. The van der Waals surface area contributed by atoms with Gasteiger partial charge in [-0.2, -0.15) is 0 Å². The van der Waals surface area contributed by atoms with Crippen molar-refractivity contribution in [3.8, 4) is 11.5 Å². The minimum absolute atomic E-state index is 0.0993. The van der Waals surface area contributed by atoms with Crippen LogP contribution in [0.25, 0.3) is 0 Å². The quantitative estimate of drug-likeness (QED) is 0.904. The summed E-state index contributed by atoms with van der Waals surface area (Å²) in [6.45, 7) is 7.27. The number of benzene rings is 1. The third-order valence-electron chi connectivity index (χ3n) is 3.01. The smallest absolute Gasteiger partial charge is 0.124 e. The average Bonchev–Trinajstić information content (AvgIpc) is 2.93. The number of hydrogen-bond donors (Lipinski definition) is 1. The molecule has 0 saturated carbocycles. The van der Waals surface area contributed by atoms with E-state index >= 15 is 0 Å². The van der Waals surface area contributed by atoms with Gasteiger partial charge in [-0.1, -0.05) is 20.8 Å². The summed E-state index contributed by atoms with van der Waals surface area (Å²) < 4.78 is 10.5. The summed E-state index contributed by atoms with van der Waals surface area (Å²) in [7, 11) is 3.30. The number of aromatic nitrogens is 1. The zero-order chi connectivity index (χ0) is 15.5. The Balaban J connectivity index is 2.07. The van der Waals surface area contributed by atoms with Crippen LogP contribution < -0.4 is 14.8 Å². The van der Waals surface area contributed by atoms with Gasteiger partial charge in [-0.15, -0.1) is 11.3 Å². The molecule has 2 rings (SSSR count). The van der Waals surface area contributed by atoms with Crippen molar-refractivity contribution in [2.45, 2.75) is 32.7 Å². The molecule has 2 aromatic rings. The zero-order valence-electron chi connectivity index (χ0n) is 13.2. The number of methoxy groups -OCH3 is 2. The molecule has 0 amide bonds. The molecule has 1 aromatic carbocycles. The normalized spacial score (nSPS) is 11.3. The van der Waals surface area contributed by atoms with Crippen molar-refractivity contribution in [1.29, 1.82) is 0 Å². The van der Waals surface area contributed by atoms with Crippen LogP contribution >= 0.6 is 11.3 Å². The second kappa shape index (κ2) is 6.35. The molecule has 114 valence electrons. The first kappa shape index (κ1) is 15.6. The van der Waals surface area contributed by atoms with Gasteiger partial charge in [0, 0.05) is 40.4 Å². The largest absolute Gasteiger partial charge is 0.497 e. The van der Waals surface area contributed by atoms with Crippen molar-refractivity contribution < 1.29 is 9.47 Å². The molecule has 0 saturated heterocycles. The van der Waals surface area contributed by atoms with E-state index in [2.05, 4.69) is 31.1 Å². The predicted octanol–water partition coefficient (Wildman–Crippen LogP) is 4.07. The maximum absolute atomic E-state index is 5.27. The number of rotatable bonds is 5. The zero-order valence-corrected chi connectivity index (χ0v) is 14.0. The Hall–Kier alpha value is -1.75. The van der Waals surface area contributed by atoms with Gasteiger partial charge in [0.05, 0.1) is 25.8 Å². The molecule has 1 N–H and O–H groups in total. The molecule has 1 aromatic heterocycles. The van der Waals surface area contributed by atoms with Gasteiger partial charge in [-0.05, 0) is 0 Å². The van der Waals surface area contributed by atoms with Gasteiger partial charge in [0.2, 0.25) is 0 Å². The molecule has 0 aliphatic rings. The van der Waals surface area contributed by atoms with Crippen LogP contribution in [-0.4, -0.2) is 19.2 Å². The van der Waals surface area contributed by atoms with E-state index in [9.17, 15) is 0 Å². The number of nitrogens with one attached hydrogen (secondary N) is 1. The molecule has 0 unspecified atom stereocenters. The molecule has 1 heterocycles. The fraction of sp³-hybridized carbons (Fsp3) is 0.438. The van der Waals surface area contributed by atoms with Gasteiger partial charge in [-0.3, -0.25) is 0 Å². The number of ether oxygens (including phenoxy) is 2. The van der Waals surface area contributed by atoms with E-state index < -0.39 is 0 Å². The van der Waals surface area contributed by atoms with Crippen molar-refractivity contribution >= 4 is 17.0 Å². The number of thiazole rings is 1. The van der Waals surface area contributed by atoms with Crippen LogP contribution in [0.1, 0.15) is 30.7 Å². The SMILES string of the molecule is COc1cc(NCc2cnc(C(C)(C)C)s2)cc(OC)c1. The fourth-order valence-electron chi connectivity index (χ4n) is 1.83. The van der Waals surface area contributed by atoms with Gasteiger partial charge in [0.15, 0.2) is 0 Å². The monoisotopic (exact) mass is 306 g/mol. The van der Waals surface area contributed by atoms with E-state index in [1.807, 2.05) is 24.4 Å². The van der Waals surface area contributed by atoms with Gasteiger partial charge >= 0.3 is 0 Å². The Kier molecular flexibility index (Phi) is 4.73. The Bertz CT molecular complexity index is 580. The van der Waals surface area contributed by atoms with Crippen molar-refractivity contribution in [2.75, 3.05) is 19.5 Å². The molecule has 0 bridgehead atoms. The minimum atomic E-state index is 0.0993. The molecule has 4 nitrogen and oxygen atoms in total. The fourth-order valence-corrected chi connectivity index (χ4v) is 2.74. The second-order valence-corrected chi connectivity index (χ2v) is 6.95. The van der Waals surface area contributed by atoms with E-state index in [-0.39, 0.29) is 5.41 Å². The molecule has 21 heavy (non-hydrogen) atoms. The van der Waals surface area contributed by atoms with Gasteiger partial charge in [0.1, 0.15) is 11.5 Å². The third kappa shape index (κ3) is 4.11. The van der Waals surface area contributed by atoms with Crippen LogP contribution in [0.2, 0.25) is 0 Å². The van der Waals surface area contributed by atoms with Gasteiger partial charge in [-0.25, -0.2) is 4.98 Å². The van der Waals surface area contributed by atoms with Gasteiger partial charge in [0.25, 0.3) is 0 Å². The lowest BCUT2D eigenvalue weighted by molar-refractivity contribution is 0.394. The van der Waals surface area contributed by atoms with E-state index in [4.69, 9.17) is 9.47 Å². The van der Waals surface area contributed by atoms with Gasteiger partial charge < -0.3 is 14.8 Å². The summed E-state index contributed by atoms with van der Waals surface area (Å²) in [6.07, 6.45) is 1.94.